The Kier molecular flexibility index (Phi) is 4.42. The van der Waals surface area contributed by atoms with E-state index in [1.54, 1.807) is 13.8 Å². The molecule has 1 fully saturated rings. The molecule has 2 rings (SSSR count). The van der Waals surface area contributed by atoms with Crippen molar-refractivity contribution in [2.75, 3.05) is 13.1 Å². The van der Waals surface area contributed by atoms with Gasteiger partial charge in [-0.05, 0) is 26.7 Å². The van der Waals surface area contributed by atoms with Gasteiger partial charge in [-0.2, -0.15) is 5.10 Å². The Hall–Kier alpha value is -1.85. The van der Waals surface area contributed by atoms with E-state index < -0.39 is 12.0 Å². The standard InChI is InChI=1S/C14H21N3O3/c1-10-12(14(19)20)9-17(15-10)11(2)13(18)16-7-5-3-4-6-8-16/h9,11H,3-8H2,1-2H3,(H,19,20). The quantitative estimate of drug-likeness (QED) is 0.916. The van der Waals surface area contributed by atoms with E-state index in [1.807, 2.05) is 4.90 Å². The lowest BCUT2D eigenvalue weighted by molar-refractivity contribution is -0.134. The zero-order valence-electron chi connectivity index (χ0n) is 12.0. The number of aryl methyl sites for hydroxylation is 1. The molecule has 1 amide bonds. The van der Waals surface area contributed by atoms with E-state index >= 15 is 0 Å². The number of aromatic carboxylic acids is 1. The summed E-state index contributed by atoms with van der Waals surface area (Å²) in [7, 11) is 0. The summed E-state index contributed by atoms with van der Waals surface area (Å²) < 4.78 is 1.46. The number of nitrogens with zero attached hydrogens (tertiary/aromatic N) is 3. The Bertz CT molecular complexity index is 502. The van der Waals surface area contributed by atoms with Gasteiger partial charge in [-0.15, -0.1) is 0 Å². The highest BCUT2D eigenvalue weighted by Gasteiger charge is 2.24. The van der Waals surface area contributed by atoms with Crippen LogP contribution in [0.4, 0.5) is 0 Å². The second-order valence-electron chi connectivity index (χ2n) is 5.33. The number of rotatable bonds is 3. The highest BCUT2D eigenvalue weighted by atomic mass is 16.4. The van der Waals surface area contributed by atoms with Gasteiger partial charge in [-0.25, -0.2) is 4.79 Å². The minimum absolute atomic E-state index is 0.0198. The maximum absolute atomic E-state index is 12.5. The van der Waals surface area contributed by atoms with Gasteiger partial charge in [0.05, 0.1) is 5.69 Å². The lowest BCUT2D eigenvalue weighted by Gasteiger charge is -2.24. The fraction of sp³-hybridized carbons (Fsp3) is 0.643. The van der Waals surface area contributed by atoms with Gasteiger partial charge >= 0.3 is 5.97 Å². The first kappa shape index (κ1) is 14.6. The van der Waals surface area contributed by atoms with Gasteiger partial charge in [0.25, 0.3) is 0 Å². The van der Waals surface area contributed by atoms with E-state index in [2.05, 4.69) is 5.10 Å². The van der Waals surface area contributed by atoms with Crippen LogP contribution < -0.4 is 0 Å². The van der Waals surface area contributed by atoms with Gasteiger partial charge in [0.15, 0.2) is 0 Å². The Morgan fingerprint density at radius 3 is 2.35 bits per heavy atom. The van der Waals surface area contributed by atoms with Gasteiger partial charge < -0.3 is 10.0 Å². The number of likely N-dealkylation sites (tertiary alicyclic amines) is 1. The predicted molar refractivity (Wildman–Crippen MR) is 73.7 cm³/mol. The maximum Gasteiger partial charge on any atom is 0.339 e. The van der Waals surface area contributed by atoms with Crippen molar-refractivity contribution in [3.8, 4) is 0 Å². The van der Waals surface area contributed by atoms with Crippen LogP contribution in [0.5, 0.6) is 0 Å². The average molecular weight is 279 g/mol. The highest BCUT2D eigenvalue weighted by Crippen LogP contribution is 2.17. The molecule has 0 aromatic carbocycles. The van der Waals surface area contributed by atoms with Crippen LogP contribution in [0.3, 0.4) is 0 Å². The first-order valence-corrected chi connectivity index (χ1v) is 7.08. The maximum atomic E-state index is 12.5. The predicted octanol–water partition coefficient (Wildman–Crippen LogP) is 1.85. The van der Waals surface area contributed by atoms with Crippen LogP contribution in [0.2, 0.25) is 0 Å². The van der Waals surface area contributed by atoms with Gasteiger partial charge in [-0.3, -0.25) is 9.48 Å². The molecule has 0 bridgehead atoms. The molecular formula is C14H21N3O3. The van der Waals surface area contributed by atoms with E-state index in [4.69, 9.17) is 5.11 Å². The number of carbonyl (C=O) groups excluding carboxylic acids is 1. The SMILES string of the molecule is Cc1nn(C(C)C(=O)N2CCCCCC2)cc1C(=O)O. The van der Waals surface area contributed by atoms with Crippen LogP contribution in [-0.4, -0.2) is 44.8 Å². The second kappa shape index (κ2) is 6.07. The molecule has 1 N–H and O–H groups in total. The number of carboxylic acids is 1. The van der Waals surface area contributed by atoms with E-state index in [9.17, 15) is 9.59 Å². The van der Waals surface area contributed by atoms with Crippen molar-refractivity contribution >= 4 is 11.9 Å². The molecule has 6 heteroatoms. The van der Waals surface area contributed by atoms with Crippen molar-refractivity contribution in [2.24, 2.45) is 0 Å². The molecule has 1 unspecified atom stereocenters. The fourth-order valence-electron chi connectivity index (χ4n) is 2.56. The molecule has 1 atom stereocenters. The largest absolute Gasteiger partial charge is 0.478 e. The lowest BCUT2D eigenvalue weighted by atomic mass is 10.2. The Labute approximate surface area is 118 Å². The normalized spacial score (nSPS) is 17.6. The minimum Gasteiger partial charge on any atom is -0.478 e. The lowest BCUT2D eigenvalue weighted by Crippen LogP contribution is -2.37. The van der Waals surface area contributed by atoms with Gasteiger partial charge in [0.1, 0.15) is 11.6 Å². The van der Waals surface area contributed by atoms with Gasteiger partial charge in [-0.1, -0.05) is 12.8 Å². The molecule has 0 aliphatic carbocycles. The summed E-state index contributed by atoms with van der Waals surface area (Å²) in [6.45, 7) is 4.98. The molecule has 1 aromatic rings. The van der Waals surface area contributed by atoms with E-state index in [-0.39, 0.29) is 11.5 Å². The third kappa shape index (κ3) is 3.00. The Balaban J connectivity index is 2.13. The molecule has 1 aliphatic heterocycles. The molecule has 1 aromatic heterocycles. The van der Waals surface area contributed by atoms with Gasteiger partial charge in [0, 0.05) is 19.3 Å². The molecule has 1 saturated heterocycles. The summed E-state index contributed by atoms with van der Waals surface area (Å²) in [6.07, 6.45) is 5.86. The molecule has 1 aliphatic rings. The first-order chi connectivity index (χ1) is 9.50. The number of hydrogen-bond donors (Lipinski definition) is 1. The van der Waals surface area contributed by atoms with E-state index in [1.165, 1.54) is 23.7 Å². The summed E-state index contributed by atoms with van der Waals surface area (Å²) >= 11 is 0. The average Bonchev–Trinajstić information content (AvgIpc) is 2.64. The highest BCUT2D eigenvalue weighted by molar-refractivity contribution is 5.88. The van der Waals surface area contributed by atoms with Crippen LogP contribution in [0.15, 0.2) is 6.20 Å². The third-order valence-corrected chi connectivity index (χ3v) is 3.82. The smallest absolute Gasteiger partial charge is 0.339 e. The van der Waals surface area contributed by atoms with Crippen LogP contribution in [-0.2, 0) is 4.79 Å². The first-order valence-electron chi connectivity index (χ1n) is 7.08. The zero-order valence-corrected chi connectivity index (χ0v) is 12.0. The van der Waals surface area contributed by atoms with E-state index in [0.717, 1.165) is 25.9 Å². The van der Waals surface area contributed by atoms with Crippen LogP contribution in [0, 0.1) is 6.92 Å². The number of hydrogen-bond acceptors (Lipinski definition) is 3. The van der Waals surface area contributed by atoms with Crippen molar-refractivity contribution in [1.29, 1.82) is 0 Å². The molecule has 20 heavy (non-hydrogen) atoms. The van der Waals surface area contributed by atoms with Crippen molar-refractivity contribution in [3.05, 3.63) is 17.5 Å². The Morgan fingerprint density at radius 1 is 1.25 bits per heavy atom. The number of amides is 1. The van der Waals surface area contributed by atoms with Crippen LogP contribution in [0.25, 0.3) is 0 Å². The molecule has 0 saturated carbocycles. The molecule has 6 nitrogen and oxygen atoms in total. The van der Waals surface area contributed by atoms with Crippen molar-refractivity contribution in [1.82, 2.24) is 14.7 Å². The molecular weight excluding hydrogens is 258 g/mol. The summed E-state index contributed by atoms with van der Waals surface area (Å²) in [6, 6.07) is -0.458. The molecule has 0 spiro atoms. The van der Waals surface area contributed by atoms with Crippen molar-refractivity contribution < 1.29 is 14.7 Å². The molecule has 0 radical (unpaired) electrons. The fourth-order valence-corrected chi connectivity index (χ4v) is 2.56. The third-order valence-electron chi connectivity index (χ3n) is 3.82. The monoisotopic (exact) mass is 279 g/mol. The van der Waals surface area contributed by atoms with Crippen molar-refractivity contribution in [3.63, 3.8) is 0 Å². The number of carbonyl (C=O) groups is 2. The topological polar surface area (TPSA) is 75.4 Å². The Morgan fingerprint density at radius 2 is 1.85 bits per heavy atom. The van der Waals surface area contributed by atoms with Gasteiger partial charge in [0.2, 0.25) is 5.91 Å². The van der Waals surface area contributed by atoms with Crippen molar-refractivity contribution in [2.45, 2.75) is 45.6 Å². The van der Waals surface area contributed by atoms with E-state index in [0.29, 0.717) is 5.69 Å². The number of carboxylic acid groups (broad SMARTS) is 1. The van der Waals surface area contributed by atoms with Crippen LogP contribution >= 0.6 is 0 Å². The molecule has 2 heterocycles. The zero-order chi connectivity index (χ0) is 14.7. The van der Waals surface area contributed by atoms with Crippen LogP contribution in [0.1, 0.15) is 54.7 Å². The summed E-state index contributed by atoms with van der Waals surface area (Å²) in [5, 5.41) is 13.2. The number of aromatic nitrogens is 2. The minimum atomic E-state index is -1.01. The summed E-state index contributed by atoms with van der Waals surface area (Å²) in [4.78, 5) is 25.4. The summed E-state index contributed by atoms with van der Waals surface area (Å²) in [5.41, 5.74) is 0.591. The summed E-state index contributed by atoms with van der Waals surface area (Å²) in [5.74, 6) is -0.991. The second-order valence-corrected chi connectivity index (χ2v) is 5.33. The molecule has 110 valence electrons.